The number of benzene rings is 1. The number of aliphatic imine (C=N–C) groups is 1. The van der Waals surface area contributed by atoms with Gasteiger partial charge in [0, 0.05) is 57.3 Å². The standard InChI is InChI=1S/C24H37N5O2.HI/c1-4-28(5-2)22(30)20-12-10-18(11-13-20)16-26-24(25-3)27-21-14-15-29(17-21)23(31)19-8-6-7-9-19;/h10-13,19,21H,4-9,14-17H2,1-3H3,(H2,25,26,27);1H. The van der Waals surface area contributed by atoms with Crippen molar-refractivity contribution in [2.45, 2.75) is 58.5 Å². The fraction of sp³-hybridized carbons (Fsp3) is 0.625. The van der Waals surface area contributed by atoms with Gasteiger partial charge in [0.1, 0.15) is 0 Å². The Morgan fingerprint density at radius 2 is 1.75 bits per heavy atom. The van der Waals surface area contributed by atoms with Gasteiger partial charge in [-0.15, -0.1) is 24.0 Å². The number of carbonyl (C=O) groups excluding carboxylic acids is 2. The summed E-state index contributed by atoms with van der Waals surface area (Å²) in [6, 6.07) is 7.96. The number of carbonyl (C=O) groups is 2. The third kappa shape index (κ3) is 6.83. The topological polar surface area (TPSA) is 77.0 Å². The minimum atomic E-state index is 0. The van der Waals surface area contributed by atoms with Gasteiger partial charge in [-0.1, -0.05) is 25.0 Å². The number of nitrogens with zero attached hydrogens (tertiary/aromatic N) is 3. The Balaban J connectivity index is 0.00000363. The molecule has 2 amide bonds. The van der Waals surface area contributed by atoms with E-state index in [1.54, 1.807) is 7.05 Å². The lowest BCUT2D eigenvalue weighted by atomic mass is 10.1. The van der Waals surface area contributed by atoms with Crippen molar-refractivity contribution in [3.63, 3.8) is 0 Å². The summed E-state index contributed by atoms with van der Waals surface area (Å²) in [5, 5.41) is 6.80. The predicted octanol–water partition coefficient (Wildman–Crippen LogP) is 3.24. The molecule has 2 aliphatic rings. The molecule has 1 saturated carbocycles. The van der Waals surface area contributed by atoms with Gasteiger partial charge in [0.05, 0.1) is 0 Å². The van der Waals surface area contributed by atoms with Gasteiger partial charge in [-0.2, -0.15) is 0 Å². The Kier molecular flexibility index (Phi) is 10.7. The van der Waals surface area contributed by atoms with E-state index in [4.69, 9.17) is 0 Å². The Morgan fingerprint density at radius 1 is 1.09 bits per heavy atom. The third-order valence-electron chi connectivity index (χ3n) is 6.48. The molecule has 8 heteroatoms. The number of hydrogen-bond donors (Lipinski definition) is 2. The molecule has 3 rings (SSSR count). The zero-order valence-electron chi connectivity index (χ0n) is 19.6. The lowest BCUT2D eigenvalue weighted by Crippen LogP contribution is -2.45. The van der Waals surface area contributed by atoms with Crippen molar-refractivity contribution in [2.24, 2.45) is 10.9 Å². The molecule has 1 aliphatic carbocycles. The highest BCUT2D eigenvalue weighted by Gasteiger charge is 2.32. The van der Waals surface area contributed by atoms with Crippen LogP contribution in [0, 0.1) is 5.92 Å². The van der Waals surface area contributed by atoms with Gasteiger partial charge in [-0.25, -0.2) is 0 Å². The van der Waals surface area contributed by atoms with E-state index in [1.807, 2.05) is 47.9 Å². The zero-order valence-corrected chi connectivity index (χ0v) is 21.9. The minimum Gasteiger partial charge on any atom is -0.352 e. The fourth-order valence-corrected chi connectivity index (χ4v) is 4.54. The summed E-state index contributed by atoms with van der Waals surface area (Å²) in [6.07, 6.45) is 5.42. The summed E-state index contributed by atoms with van der Waals surface area (Å²) in [5.74, 6) is 1.39. The summed E-state index contributed by atoms with van der Waals surface area (Å²) < 4.78 is 0. The van der Waals surface area contributed by atoms with E-state index >= 15 is 0 Å². The zero-order chi connectivity index (χ0) is 22.2. The van der Waals surface area contributed by atoms with Gasteiger partial charge < -0.3 is 20.4 Å². The maximum Gasteiger partial charge on any atom is 0.253 e. The fourth-order valence-electron chi connectivity index (χ4n) is 4.54. The molecule has 7 nitrogen and oxygen atoms in total. The molecule has 32 heavy (non-hydrogen) atoms. The smallest absolute Gasteiger partial charge is 0.253 e. The summed E-state index contributed by atoms with van der Waals surface area (Å²) in [4.78, 5) is 33.3. The van der Waals surface area contributed by atoms with Gasteiger partial charge >= 0.3 is 0 Å². The van der Waals surface area contributed by atoms with E-state index in [1.165, 1.54) is 12.8 Å². The Morgan fingerprint density at radius 3 is 2.34 bits per heavy atom. The van der Waals surface area contributed by atoms with E-state index in [0.717, 1.165) is 43.9 Å². The molecule has 1 atom stereocenters. The number of amides is 2. The third-order valence-corrected chi connectivity index (χ3v) is 6.48. The largest absolute Gasteiger partial charge is 0.352 e. The first-order chi connectivity index (χ1) is 15.0. The first-order valence-corrected chi connectivity index (χ1v) is 11.7. The number of guanidine groups is 1. The van der Waals surface area contributed by atoms with Crippen molar-refractivity contribution < 1.29 is 9.59 Å². The van der Waals surface area contributed by atoms with Crippen molar-refractivity contribution in [1.29, 1.82) is 0 Å². The molecule has 0 bridgehead atoms. The molecule has 1 aromatic carbocycles. The molecule has 0 radical (unpaired) electrons. The van der Waals surface area contributed by atoms with E-state index < -0.39 is 0 Å². The van der Waals surface area contributed by atoms with Crippen LogP contribution in [0.5, 0.6) is 0 Å². The molecular formula is C24H38IN5O2. The van der Waals surface area contributed by atoms with Crippen molar-refractivity contribution in [1.82, 2.24) is 20.4 Å². The van der Waals surface area contributed by atoms with Gasteiger partial charge in [0.25, 0.3) is 5.91 Å². The second kappa shape index (κ2) is 13.0. The Bertz CT molecular complexity index is 773. The normalized spacial score (nSPS) is 18.9. The predicted molar refractivity (Wildman–Crippen MR) is 139 cm³/mol. The number of nitrogens with one attached hydrogen (secondary N) is 2. The first-order valence-electron chi connectivity index (χ1n) is 11.7. The average Bonchev–Trinajstić information content (AvgIpc) is 3.50. The second-order valence-corrected chi connectivity index (χ2v) is 8.50. The molecule has 1 unspecified atom stereocenters. The van der Waals surface area contributed by atoms with Crippen LogP contribution in [0.2, 0.25) is 0 Å². The highest BCUT2D eigenvalue weighted by atomic mass is 127. The number of hydrogen-bond acceptors (Lipinski definition) is 3. The van der Waals surface area contributed by atoms with Crippen molar-refractivity contribution in [3.8, 4) is 0 Å². The lowest BCUT2D eigenvalue weighted by molar-refractivity contribution is -0.134. The molecule has 2 N–H and O–H groups in total. The average molecular weight is 556 g/mol. The number of halogens is 1. The molecule has 2 fully saturated rings. The summed E-state index contributed by atoms with van der Waals surface area (Å²) in [5.41, 5.74) is 1.80. The quantitative estimate of drug-likeness (QED) is 0.308. The van der Waals surface area contributed by atoms with Crippen LogP contribution in [-0.4, -0.2) is 66.8 Å². The highest BCUT2D eigenvalue weighted by Crippen LogP contribution is 2.27. The van der Waals surface area contributed by atoms with Crippen LogP contribution in [0.1, 0.15) is 61.9 Å². The van der Waals surface area contributed by atoms with Crippen molar-refractivity contribution in [3.05, 3.63) is 35.4 Å². The molecule has 1 saturated heterocycles. The molecule has 1 aliphatic heterocycles. The van der Waals surface area contributed by atoms with Crippen molar-refractivity contribution >= 4 is 41.8 Å². The van der Waals surface area contributed by atoms with E-state index in [9.17, 15) is 9.59 Å². The molecule has 0 aromatic heterocycles. The van der Waals surface area contributed by atoms with Gasteiger partial charge in [0.2, 0.25) is 5.91 Å². The summed E-state index contributed by atoms with van der Waals surface area (Å²) in [6.45, 7) is 7.61. The molecule has 178 valence electrons. The van der Waals surface area contributed by atoms with Crippen LogP contribution >= 0.6 is 24.0 Å². The number of likely N-dealkylation sites (tertiary alicyclic amines) is 1. The van der Waals surface area contributed by atoms with Crippen molar-refractivity contribution in [2.75, 3.05) is 33.2 Å². The van der Waals surface area contributed by atoms with E-state index in [-0.39, 0.29) is 41.8 Å². The van der Waals surface area contributed by atoms with Crippen LogP contribution in [0.3, 0.4) is 0 Å². The van der Waals surface area contributed by atoms with Gasteiger partial charge in [-0.3, -0.25) is 14.6 Å². The van der Waals surface area contributed by atoms with E-state index in [0.29, 0.717) is 31.1 Å². The van der Waals surface area contributed by atoms with Crippen LogP contribution in [-0.2, 0) is 11.3 Å². The minimum absolute atomic E-state index is 0. The van der Waals surface area contributed by atoms with E-state index in [2.05, 4.69) is 15.6 Å². The number of rotatable bonds is 7. The molecular weight excluding hydrogens is 517 g/mol. The molecule has 1 aromatic rings. The van der Waals surface area contributed by atoms with Crippen LogP contribution in [0.4, 0.5) is 0 Å². The Hall–Kier alpha value is -1.84. The first kappa shape index (κ1) is 26.4. The SMILES string of the molecule is CCN(CC)C(=O)c1ccc(CNC(=NC)NC2CCN(C(=O)C3CCCC3)C2)cc1.I. The lowest BCUT2D eigenvalue weighted by Gasteiger charge is -2.21. The van der Waals surface area contributed by atoms with Crippen LogP contribution in [0.25, 0.3) is 0 Å². The van der Waals surface area contributed by atoms with Crippen LogP contribution < -0.4 is 10.6 Å². The monoisotopic (exact) mass is 555 g/mol. The maximum absolute atomic E-state index is 12.6. The van der Waals surface area contributed by atoms with Gasteiger partial charge in [-0.05, 0) is 50.8 Å². The highest BCUT2D eigenvalue weighted by molar-refractivity contribution is 14.0. The Labute approximate surface area is 209 Å². The van der Waals surface area contributed by atoms with Gasteiger partial charge in [0.15, 0.2) is 5.96 Å². The summed E-state index contributed by atoms with van der Waals surface area (Å²) in [7, 11) is 1.76. The second-order valence-electron chi connectivity index (χ2n) is 8.50. The molecule has 0 spiro atoms. The summed E-state index contributed by atoms with van der Waals surface area (Å²) >= 11 is 0. The van der Waals surface area contributed by atoms with Crippen LogP contribution in [0.15, 0.2) is 29.3 Å². The molecule has 1 heterocycles. The maximum atomic E-state index is 12.6.